The minimum absolute atomic E-state index is 0.492. The van der Waals surface area contributed by atoms with Crippen molar-refractivity contribution in [2.24, 2.45) is 0 Å². The van der Waals surface area contributed by atoms with Crippen LogP contribution in [0.5, 0.6) is 0 Å². The first-order valence-electron chi connectivity index (χ1n) is 3.24. The summed E-state index contributed by atoms with van der Waals surface area (Å²) in [6.07, 6.45) is 6.67. The van der Waals surface area contributed by atoms with E-state index < -0.39 is 0 Å². The van der Waals surface area contributed by atoms with Gasteiger partial charge in [0.15, 0.2) is 0 Å². The molecule has 0 atom stereocenters. The van der Waals surface area contributed by atoms with Crippen molar-refractivity contribution in [3.63, 3.8) is 0 Å². The van der Waals surface area contributed by atoms with Crippen molar-refractivity contribution in [1.82, 2.24) is 15.3 Å². The van der Waals surface area contributed by atoms with Gasteiger partial charge in [-0.3, -0.25) is 0 Å². The third kappa shape index (κ3) is 1.93. The summed E-state index contributed by atoms with van der Waals surface area (Å²) in [4.78, 5) is 7.65. The summed E-state index contributed by atoms with van der Waals surface area (Å²) in [5.74, 6) is 0.492. The molecular weight excluding hydrogens is 140 g/mol. The zero-order valence-corrected chi connectivity index (χ0v) is 6.28. The predicted octanol–water partition coefficient (Wildman–Crippen LogP) is 0.249. The van der Waals surface area contributed by atoms with Crippen LogP contribution in [0.2, 0.25) is 0 Å². The minimum atomic E-state index is 0.492. The molecule has 4 heteroatoms. The Hall–Kier alpha value is -1.58. The molecule has 0 unspecified atom stereocenters. The lowest BCUT2D eigenvalue weighted by molar-refractivity contribution is 1.11. The number of hydrogen-bond acceptors (Lipinski definition) is 4. The van der Waals surface area contributed by atoms with Crippen LogP contribution < -0.4 is 11.1 Å². The summed E-state index contributed by atoms with van der Waals surface area (Å²) in [6.45, 7) is 0. The fraction of sp³-hybridized carbons (Fsp3) is 0.143. The highest BCUT2D eigenvalue weighted by atomic mass is 14.9. The van der Waals surface area contributed by atoms with E-state index in [2.05, 4.69) is 15.3 Å². The lowest BCUT2D eigenvalue weighted by Gasteiger charge is -1.95. The van der Waals surface area contributed by atoms with E-state index in [-0.39, 0.29) is 0 Å². The molecule has 0 bridgehead atoms. The van der Waals surface area contributed by atoms with Gasteiger partial charge in [-0.2, -0.15) is 0 Å². The number of anilines is 1. The zero-order chi connectivity index (χ0) is 8.10. The fourth-order valence-corrected chi connectivity index (χ4v) is 0.651. The largest absolute Gasteiger partial charge is 0.394 e. The SMILES string of the molecule is CN/C=C\c1cncnc1N. The molecule has 1 rings (SSSR count). The highest BCUT2D eigenvalue weighted by molar-refractivity contribution is 5.58. The Kier molecular flexibility index (Phi) is 2.43. The van der Waals surface area contributed by atoms with Crippen LogP contribution in [0.1, 0.15) is 5.56 Å². The van der Waals surface area contributed by atoms with Crippen LogP contribution >= 0.6 is 0 Å². The van der Waals surface area contributed by atoms with Crippen LogP contribution in [0.25, 0.3) is 6.08 Å². The highest BCUT2D eigenvalue weighted by Crippen LogP contribution is 2.05. The first-order chi connectivity index (χ1) is 5.34. The van der Waals surface area contributed by atoms with Crippen molar-refractivity contribution in [3.05, 3.63) is 24.3 Å². The Morgan fingerprint density at radius 2 is 2.45 bits per heavy atom. The number of nitrogens with one attached hydrogen (secondary N) is 1. The lowest BCUT2D eigenvalue weighted by Crippen LogP contribution is -1.96. The second-order valence-electron chi connectivity index (χ2n) is 1.99. The van der Waals surface area contributed by atoms with Gasteiger partial charge in [-0.1, -0.05) is 0 Å². The van der Waals surface area contributed by atoms with Gasteiger partial charge in [0.05, 0.1) is 0 Å². The van der Waals surface area contributed by atoms with Crippen molar-refractivity contribution in [2.45, 2.75) is 0 Å². The van der Waals surface area contributed by atoms with Crippen molar-refractivity contribution in [2.75, 3.05) is 12.8 Å². The highest BCUT2D eigenvalue weighted by Gasteiger charge is 1.92. The number of nitrogens with zero attached hydrogens (tertiary/aromatic N) is 2. The van der Waals surface area contributed by atoms with E-state index >= 15 is 0 Å². The zero-order valence-electron chi connectivity index (χ0n) is 6.28. The fourth-order valence-electron chi connectivity index (χ4n) is 0.651. The first kappa shape index (κ1) is 7.53. The number of rotatable bonds is 2. The molecule has 0 saturated heterocycles. The van der Waals surface area contributed by atoms with Gasteiger partial charge in [0.2, 0.25) is 0 Å². The summed E-state index contributed by atoms with van der Waals surface area (Å²) in [5, 5.41) is 2.85. The van der Waals surface area contributed by atoms with Gasteiger partial charge in [0.25, 0.3) is 0 Å². The molecule has 0 aliphatic carbocycles. The molecule has 11 heavy (non-hydrogen) atoms. The number of nitrogens with two attached hydrogens (primary N) is 1. The summed E-state index contributed by atoms with van der Waals surface area (Å²) >= 11 is 0. The predicted molar refractivity (Wildman–Crippen MR) is 44.5 cm³/mol. The molecule has 0 amide bonds. The normalized spacial score (nSPS) is 10.3. The Labute approximate surface area is 65.2 Å². The van der Waals surface area contributed by atoms with Crippen LogP contribution in [0.3, 0.4) is 0 Å². The Morgan fingerprint density at radius 3 is 3.09 bits per heavy atom. The summed E-state index contributed by atoms with van der Waals surface area (Å²) < 4.78 is 0. The Morgan fingerprint density at radius 1 is 1.64 bits per heavy atom. The van der Waals surface area contributed by atoms with E-state index in [4.69, 9.17) is 5.73 Å². The van der Waals surface area contributed by atoms with Crippen LogP contribution in [0, 0.1) is 0 Å². The van der Waals surface area contributed by atoms with E-state index in [1.807, 2.05) is 13.1 Å². The van der Waals surface area contributed by atoms with Gasteiger partial charge in [0.1, 0.15) is 12.1 Å². The van der Waals surface area contributed by atoms with Gasteiger partial charge < -0.3 is 11.1 Å². The van der Waals surface area contributed by atoms with Crippen molar-refractivity contribution < 1.29 is 0 Å². The monoisotopic (exact) mass is 150 g/mol. The average Bonchev–Trinajstić information content (AvgIpc) is 2.03. The minimum Gasteiger partial charge on any atom is -0.394 e. The van der Waals surface area contributed by atoms with E-state index in [0.717, 1.165) is 5.56 Å². The molecule has 3 N–H and O–H groups in total. The van der Waals surface area contributed by atoms with Crippen molar-refractivity contribution in [1.29, 1.82) is 0 Å². The maximum Gasteiger partial charge on any atom is 0.134 e. The summed E-state index contributed by atoms with van der Waals surface area (Å²) in [6, 6.07) is 0. The Bertz CT molecular complexity index is 256. The van der Waals surface area contributed by atoms with Gasteiger partial charge in [-0.05, 0) is 12.3 Å². The molecule has 0 fully saturated rings. The first-order valence-corrected chi connectivity index (χ1v) is 3.24. The summed E-state index contributed by atoms with van der Waals surface area (Å²) in [5.41, 5.74) is 6.35. The van der Waals surface area contributed by atoms with Crippen LogP contribution in [-0.2, 0) is 0 Å². The molecule has 0 aliphatic heterocycles. The molecule has 1 aromatic rings. The smallest absolute Gasteiger partial charge is 0.134 e. The molecule has 0 aromatic carbocycles. The molecule has 4 nitrogen and oxygen atoms in total. The van der Waals surface area contributed by atoms with E-state index in [1.54, 1.807) is 12.4 Å². The molecule has 1 aromatic heterocycles. The third-order valence-corrected chi connectivity index (χ3v) is 1.20. The van der Waals surface area contributed by atoms with Gasteiger partial charge in [-0.25, -0.2) is 9.97 Å². The van der Waals surface area contributed by atoms with Crippen molar-refractivity contribution >= 4 is 11.9 Å². The standard InChI is InChI=1S/C7H10N4/c1-9-3-2-6-4-10-5-11-7(6)8/h2-5,9H,1H3,(H2,8,10,11)/b3-2-. The van der Waals surface area contributed by atoms with Gasteiger partial charge >= 0.3 is 0 Å². The molecule has 1 heterocycles. The number of hydrogen-bond donors (Lipinski definition) is 2. The topological polar surface area (TPSA) is 63.8 Å². The molecule has 0 spiro atoms. The second kappa shape index (κ2) is 3.55. The lowest BCUT2D eigenvalue weighted by atomic mass is 10.3. The molecular formula is C7H10N4. The number of nitrogen functional groups attached to an aromatic ring is 1. The Balaban J connectivity index is 2.86. The quantitative estimate of drug-likeness (QED) is 0.634. The van der Waals surface area contributed by atoms with Crippen LogP contribution in [0.4, 0.5) is 5.82 Å². The molecule has 58 valence electrons. The molecule has 0 aliphatic rings. The second-order valence-corrected chi connectivity index (χ2v) is 1.99. The van der Waals surface area contributed by atoms with Gasteiger partial charge in [-0.15, -0.1) is 0 Å². The maximum atomic E-state index is 5.53. The van der Waals surface area contributed by atoms with Crippen molar-refractivity contribution in [3.8, 4) is 0 Å². The van der Waals surface area contributed by atoms with E-state index in [1.165, 1.54) is 6.33 Å². The molecule has 0 radical (unpaired) electrons. The van der Waals surface area contributed by atoms with E-state index in [9.17, 15) is 0 Å². The third-order valence-electron chi connectivity index (χ3n) is 1.20. The maximum absolute atomic E-state index is 5.53. The summed E-state index contributed by atoms with van der Waals surface area (Å²) in [7, 11) is 1.82. The van der Waals surface area contributed by atoms with Crippen LogP contribution in [-0.4, -0.2) is 17.0 Å². The molecule has 0 saturated carbocycles. The number of aromatic nitrogens is 2. The average molecular weight is 150 g/mol. The van der Waals surface area contributed by atoms with Crippen LogP contribution in [0.15, 0.2) is 18.7 Å². The van der Waals surface area contributed by atoms with Gasteiger partial charge in [0, 0.05) is 18.8 Å². The van der Waals surface area contributed by atoms with E-state index in [0.29, 0.717) is 5.82 Å².